The predicted octanol–water partition coefficient (Wildman–Crippen LogP) is 4.64. The summed E-state index contributed by atoms with van der Waals surface area (Å²) in [6, 6.07) is 12.6. The highest BCUT2D eigenvalue weighted by Gasteiger charge is 2.11. The van der Waals surface area contributed by atoms with Gasteiger partial charge in [0.25, 0.3) is 0 Å². The van der Waals surface area contributed by atoms with Crippen molar-refractivity contribution in [2.24, 2.45) is 0 Å². The number of rotatable bonds is 2. The minimum Gasteiger partial charge on any atom is -0.310 e. The molecule has 0 aliphatic rings. The van der Waals surface area contributed by atoms with Gasteiger partial charge in [0.2, 0.25) is 5.28 Å². The van der Waals surface area contributed by atoms with Crippen molar-refractivity contribution in [1.29, 1.82) is 0 Å². The lowest BCUT2D eigenvalue weighted by Gasteiger charge is -2.07. The van der Waals surface area contributed by atoms with Crippen molar-refractivity contribution >= 4 is 38.6 Å². The molecule has 2 nitrogen and oxygen atoms in total. The summed E-state index contributed by atoms with van der Waals surface area (Å²) in [5, 5.41) is 0.364. The van der Waals surface area contributed by atoms with Gasteiger partial charge < -0.3 is 4.57 Å². The van der Waals surface area contributed by atoms with Gasteiger partial charge in [-0.05, 0) is 35.9 Å². The Hall–Kier alpha value is -1.39. The van der Waals surface area contributed by atoms with Crippen LogP contribution in [0.4, 0.5) is 4.39 Å². The Kier molecular flexibility index (Phi) is 3.29. The first-order valence-electron chi connectivity index (χ1n) is 5.70. The number of benzene rings is 2. The van der Waals surface area contributed by atoms with Gasteiger partial charge >= 0.3 is 0 Å². The maximum atomic E-state index is 13.9. The molecule has 0 aliphatic carbocycles. The summed E-state index contributed by atoms with van der Waals surface area (Å²) in [5.74, 6) is -0.261. The summed E-state index contributed by atoms with van der Waals surface area (Å²) in [6.45, 7) is 0.360. The average Bonchev–Trinajstić information content (AvgIpc) is 2.69. The maximum absolute atomic E-state index is 13.9. The van der Waals surface area contributed by atoms with Crippen LogP contribution < -0.4 is 0 Å². The Balaban J connectivity index is 2.08. The molecule has 1 aromatic heterocycles. The SMILES string of the molecule is Fc1cc(Br)ccc1Cn1c(Cl)nc2ccccc21. The van der Waals surface area contributed by atoms with E-state index in [1.807, 2.05) is 30.3 Å². The largest absolute Gasteiger partial charge is 0.310 e. The molecule has 5 heteroatoms. The molecule has 19 heavy (non-hydrogen) atoms. The molecule has 0 saturated heterocycles. The molecule has 0 unspecified atom stereocenters. The second-order valence-corrected chi connectivity index (χ2v) is 5.45. The van der Waals surface area contributed by atoms with Crippen LogP contribution >= 0.6 is 27.5 Å². The van der Waals surface area contributed by atoms with Crippen molar-refractivity contribution in [2.75, 3.05) is 0 Å². The molecule has 0 radical (unpaired) electrons. The third-order valence-electron chi connectivity index (χ3n) is 2.95. The Labute approximate surface area is 123 Å². The molecule has 0 fully saturated rings. The lowest BCUT2D eigenvalue weighted by molar-refractivity contribution is 0.601. The van der Waals surface area contributed by atoms with E-state index in [-0.39, 0.29) is 5.82 Å². The molecule has 3 aromatic rings. The summed E-state index contributed by atoms with van der Waals surface area (Å²) < 4.78 is 16.4. The first kappa shape index (κ1) is 12.6. The van der Waals surface area contributed by atoms with E-state index in [1.165, 1.54) is 6.07 Å². The third kappa shape index (κ3) is 2.38. The number of para-hydroxylation sites is 2. The highest BCUT2D eigenvalue weighted by Crippen LogP contribution is 2.23. The van der Waals surface area contributed by atoms with Crippen LogP contribution in [0.25, 0.3) is 11.0 Å². The molecule has 0 aliphatic heterocycles. The van der Waals surface area contributed by atoms with Crippen LogP contribution in [0.5, 0.6) is 0 Å². The van der Waals surface area contributed by atoms with Gasteiger partial charge in [0.15, 0.2) is 0 Å². The van der Waals surface area contributed by atoms with Gasteiger partial charge in [0, 0.05) is 10.0 Å². The van der Waals surface area contributed by atoms with E-state index in [4.69, 9.17) is 11.6 Å². The minimum absolute atomic E-state index is 0.261. The van der Waals surface area contributed by atoms with Crippen LogP contribution in [-0.2, 0) is 6.54 Å². The zero-order valence-electron chi connectivity index (χ0n) is 9.78. The van der Waals surface area contributed by atoms with Crippen LogP contribution in [0.3, 0.4) is 0 Å². The number of hydrogen-bond acceptors (Lipinski definition) is 1. The van der Waals surface area contributed by atoms with Gasteiger partial charge in [-0.3, -0.25) is 0 Å². The smallest absolute Gasteiger partial charge is 0.204 e. The van der Waals surface area contributed by atoms with Crippen molar-refractivity contribution in [2.45, 2.75) is 6.54 Å². The molecule has 0 spiro atoms. The highest BCUT2D eigenvalue weighted by atomic mass is 79.9. The molecule has 0 N–H and O–H groups in total. The molecule has 0 amide bonds. The van der Waals surface area contributed by atoms with E-state index in [0.29, 0.717) is 17.4 Å². The summed E-state index contributed by atoms with van der Waals surface area (Å²) >= 11 is 9.36. The normalized spacial score (nSPS) is 11.1. The van der Waals surface area contributed by atoms with Gasteiger partial charge in [-0.2, -0.15) is 0 Å². The second-order valence-electron chi connectivity index (χ2n) is 4.19. The van der Waals surface area contributed by atoms with Crippen molar-refractivity contribution in [3.8, 4) is 0 Å². The fourth-order valence-electron chi connectivity index (χ4n) is 2.02. The monoisotopic (exact) mass is 338 g/mol. The standard InChI is InChI=1S/C14H9BrClFN2/c15-10-6-5-9(11(17)7-10)8-19-13-4-2-1-3-12(13)18-14(19)16/h1-7H,8H2. The fraction of sp³-hybridized carbons (Fsp3) is 0.0714. The minimum atomic E-state index is -0.261. The van der Waals surface area contributed by atoms with E-state index in [0.717, 1.165) is 15.5 Å². The first-order valence-corrected chi connectivity index (χ1v) is 6.87. The number of imidazole rings is 1. The van der Waals surface area contributed by atoms with Gasteiger partial charge in [-0.25, -0.2) is 9.37 Å². The number of aromatic nitrogens is 2. The van der Waals surface area contributed by atoms with Crippen molar-refractivity contribution < 1.29 is 4.39 Å². The summed E-state index contributed by atoms with van der Waals surface area (Å²) in [4.78, 5) is 4.25. The molecule has 3 rings (SSSR count). The second kappa shape index (κ2) is 4.94. The molecular formula is C14H9BrClFN2. The Morgan fingerprint density at radius 1 is 1.21 bits per heavy atom. The average molecular weight is 340 g/mol. The molecule has 0 bridgehead atoms. The van der Waals surface area contributed by atoms with Gasteiger partial charge in [-0.15, -0.1) is 0 Å². The lowest BCUT2D eigenvalue weighted by Crippen LogP contribution is -2.02. The number of nitrogens with zero attached hydrogens (tertiary/aromatic N) is 2. The van der Waals surface area contributed by atoms with Crippen LogP contribution in [0, 0.1) is 5.82 Å². The zero-order valence-corrected chi connectivity index (χ0v) is 12.1. The zero-order chi connectivity index (χ0) is 13.4. The number of fused-ring (bicyclic) bond motifs is 1. The predicted molar refractivity (Wildman–Crippen MR) is 77.9 cm³/mol. The molecule has 0 atom stereocenters. The van der Waals surface area contributed by atoms with Crippen molar-refractivity contribution in [1.82, 2.24) is 9.55 Å². The van der Waals surface area contributed by atoms with Crippen molar-refractivity contribution in [3.63, 3.8) is 0 Å². The van der Waals surface area contributed by atoms with E-state index in [2.05, 4.69) is 20.9 Å². The van der Waals surface area contributed by atoms with Gasteiger partial charge in [0.1, 0.15) is 5.82 Å². The Bertz CT molecular complexity index is 754. The van der Waals surface area contributed by atoms with Gasteiger partial charge in [-0.1, -0.05) is 34.1 Å². The van der Waals surface area contributed by atoms with Crippen LogP contribution in [0.2, 0.25) is 5.28 Å². The summed E-state index contributed by atoms with van der Waals surface area (Å²) in [7, 11) is 0. The third-order valence-corrected chi connectivity index (χ3v) is 3.73. The Morgan fingerprint density at radius 3 is 2.79 bits per heavy atom. The van der Waals surface area contributed by atoms with Crippen LogP contribution in [0.15, 0.2) is 46.9 Å². The Morgan fingerprint density at radius 2 is 2.00 bits per heavy atom. The molecule has 0 saturated carbocycles. The maximum Gasteiger partial charge on any atom is 0.204 e. The lowest BCUT2D eigenvalue weighted by atomic mass is 10.2. The van der Waals surface area contributed by atoms with Crippen LogP contribution in [0.1, 0.15) is 5.56 Å². The van der Waals surface area contributed by atoms with Crippen molar-refractivity contribution in [3.05, 3.63) is 63.6 Å². The molecule has 1 heterocycles. The topological polar surface area (TPSA) is 17.8 Å². The summed E-state index contributed by atoms with van der Waals surface area (Å²) in [6.07, 6.45) is 0. The van der Waals surface area contributed by atoms with Crippen LogP contribution in [-0.4, -0.2) is 9.55 Å². The number of halogens is 3. The fourth-order valence-corrected chi connectivity index (χ4v) is 2.59. The van der Waals surface area contributed by atoms with E-state index in [9.17, 15) is 4.39 Å². The summed E-state index contributed by atoms with van der Waals surface area (Å²) in [5.41, 5.74) is 2.29. The highest BCUT2D eigenvalue weighted by molar-refractivity contribution is 9.10. The van der Waals surface area contributed by atoms with Gasteiger partial charge in [0.05, 0.1) is 17.6 Å². The quantitative estimate of drug-likeness (QED) is 0.665. The number of hydrogen-bond donors (Lipinski definition) is 0. The van der Waals surface area contributed by atoms with E-state index < -0.39 is 0 Å². The first-order chi connectivity index (χ1) is 9.15. The molecular weight excluding hydrogens is 331 g/mol. The van der Waals surface area contributed by atoms with E-state index in [1.54, 1.807) is 10.6 Å². The van der Waals surface area contributed by atoms with E-state index >= 15 is 0 Å². The molecule has 2 aromatic carbocycles. The molecule has 96 valence electrons.